The van der Waals surface area contributed by atoms with Crippen molar-refractivity contribution in [2.75, 3.05) is 10.2 Å². The number of pyridine rings is 1. The van der Waals surface area contributed by atoms with Crippen LogP contribution in [0.15, 0.2) is 60.6 Å². The molecule has 30 heavy (non-hydrogen) atoms. The minimum Gasteiger partial charge on any atom is -0.357 e. The molecule has 2 aliphatic rings. The van der Waals surface area contributed by atoms with E-state index in [2.05, 4.69) is 37.1 Å². The summed E-state index contributed by atoms with van der Waals surface area (Å²) in [5, 5.41) is 3.51. The van der Waals surface area contributed by atoms with E-state index in [-0.39, 0.29) is 17.1 Å². The number of anilines is 2. The number of benzene rings is 1. The molecule has 1 aliphatic carbocycles. The maximum atomic E-state index is 13.5. The molecule has 1 aromatic carbocycles. The molecule has 0 fully saturated rings. The number of rotatable bonds is 4. The molecule has 0 unspecified atom stereocenters. The highest BCUT2D eigenvalue weighted by molar-refractivity contribution is 6.01. The first-order valence-electron chi connectivity index (χ1n) is 10.7. The molecule has 0 saturated carbocycles. The zero-order valence-corrected chi connectivity index (χ0v) is 17.9. The number of nitrogens with one attached hydrogen (secondary N) is 1. The molecule has 2 aromatic rings. The Bertz CT molecular complexity index is 981. The van der Waals surface area contributed by atoms with Crippen LogP contribution in [0, 0.1) is 11.3 Å². The summed E-state index contributed by atoms with van der Waals surface area (Å²) >= 11 is 0. The highest BCUT2D eigenvalue weighted by Gasteiger charge is 2.46. The lowest BCUT2D eigenvalue weighted by Crippen LogP contribution is -2.43. The molecule has 156 valence electrons. The van der Waals surface area contributed by atoms with Crippen LogP contribution in [0.3, 0.4) is 0 Å². The highest BCUT2D eigenvalue weighted by atomic mass is 16.2. The number of hydrogen-bond donors (Lipinski definition) is 1. The molecule has 1 N–H and O–H groups in total. The van der Waals surface area contributed by atoms with Crippen molar-refractivity contribution < 1.29 is 9.59 Å². The predicted molar refractivity (Wildman–Crippen MR) is 119 cm³/mol. The second-order valence-electron chi connectivity index (χ2n) is 8.95. The third kappa shape index (κ3) is 3.76. The minimum atomic E-state index is -0.444. The third-order valence-corrected chi connectivity index (χ3v) is 5.93. The quantitative estimate of drug-likeness (QED) is 0.755. The lowest BCUT2D eigenvalue weighted by molar-refractivity contribution is -0.125. The number of amides is 1. The molecule has 4 rings (SSSR count). The molecule has 1 amide bonds. The first-order valence-corrected chi connectivity index (χ1v) is 10.7. The van der Waals surface area contributed by atoms with Gasteiger partial charge in [-0.15, -0.1) is 0 Å². The van der Waals surface area contributed by atoms with Gasteiger partial charge in [0.2, 0.25) is 5.91 Å². The fourth-order valence-corrected chi connectivity index (χ4v) is 4.63. The van der Waals surface area contributed by atoms with Crippen LogP contribution in [0.25, 0.3) is 0 Å². The van der Waals surface area contributed by atoms with Crippen LogP contribution in [-0.2, 0) is 9.59 Å². The van der Waals surface area contributed by atoms with Gasteiger partial charge in [-0.3, -0.25) is 14.6 Å². The van der Waals surface area contributed by atoms with E-state index < -0.39 is 12.0 Å². The summed E-state index contributed by atoms with van der Waals surface area (Å²) in [6, 6.07) is 11.3. The Morgan fingerprint density at radius 2 is 2.03 bits per heavy atom. The fraction of sp³-hybridized carbons (Fsp3) is 0.400. The van der Waals surface area contributed by atoms with Crippen molar-refractivity contribution in [3.8, 4) is 0 Å². The smallest absolute Gasteiger partial charge is 0.227 e. The summed E-state index contributed by atoms with van der Waals surface area (Å²) in [6.45, 7) is 6.24. The monoisotopic (exact) mass is 403 g/mol. The topological polar surface area (TPSA) is 62.3 Å². The van der Waals surface area contributed by atoms with E-state index in [9.17, 15) is 9.59 Å². The van der Waals surface area contributed by atoms with Gasteiger partial charge in [0.25, 0.3) is 0 Å². The lowest BCUT2D eigenvalue weighted by atomic mass is 9.72. The third-order valence-electron chi connectivity index (χ3n) is 5.93. The number of aromatic nitrogens is 1. The van der Waals surface area contributed by atoms with Crippen molar-refractivity contribution in [2.24, 2.45) is 11.3 Å². The summed E-state index contributed by atoms with van der Waals surface area (Å²) in [6.07, 6.45) is 8.33. The average Bonchev–Trinajstić information content (AvgIpc) is 2.86. The normalized spacial score (nSPS) is 22.3. The largest absolute Gasteiger partial charge is 0.357 e. The molecule has 0 radical (unpaired) electrons. The van der Waals surface area contributed by atoms with Crippen molar-refractivity contribution in [3.05, 3.63) is 66.1 Å². The molecular formula is C25H29N3O2. The van der Waals surface area contributed by atoms with E-state index in [1.54, 1.807) is 12.4 Å². The highest BCUT2D eigenvalue weighted by Crippen LogP contribution is 2.48. The van der Waals surface area contributed by atoms with Crippen LogP contribution < -0.4 is 10.2 Å². The van der Waals surface area contributed by atoms with Gasteiger partial charge < -0.3 is 10.2 Å². The lowest BCUT2D eigenvalue weighted by Gasteiger charge is -2.39. The Balaban J connectivity index is 1.94. The van der Waals surface area contributed by atoms with E-state index in [4.69, 9.17) is 0 Å². The number of ketones is 1. The molecule has 2 atom stereocenters. The van der Waals surface area contributed by atoms with Gasteiger partial charge in [0.15, 0.2) is 0 Å². The van der Waals surface area contributed by atoms with E-state index >= 15 is 0 Å². The maximum Gasteiger partial charge on any atom is 0.227 e. The second-order valence-corrected chi connectivity index (χ2v) is 8.95. The summed E-state index contributed by atoms with van der Waals surface area (Å²) in [4.78, 5) is 33.1. The van der Waals surface area contributed by atoms with Gasteiger partial charge in [-0.1, -0.05) is 51.5 Å². The van der Waals surface area contributed by atoms with Crippen LogP contribution in [0.5, 0.6) is 0 Å². The standard InChI is InChI=1S/C25H29N3O2/c1-4-5-12-22(30)28-20-11-7-6-10-18(20)27-19-14-25(2,3)15-21(29)23(19)24(28)17-9-8-13-26-16-17/h6-11,13-14,16,23-24,27H,4-5,12,15H2,1-3H3/t23-,24-/m0/s1. The number of fused-ring (bicyclic) bond motifs is 2. The van der Waals surface area contributed by atoms with Gasteiger partial charge in [0.05, 0.1) is 23.3 Å². The van der Waals surface area contributed by atoms with E-state index in [0.717, 1.165) is 35.5 Å². The number of carbonyl (C=O) groups is 2. The number of nitrogens with zero attached hydrogens (tertiary/aromatic N) is 2. The van der Waals surface area contributed by atoms with Crippen LogP contribution in [0.1, 0.15) is 58.1 Å². The Hall–Kier alpha value is -2.95. The average molecular weight is 404 g/mol. The van der Waals surface area contributed by atoms with Gasteiger partial charge in [-0.25, -0.2) is 0 Å². The molecule has 5 nitrogen and oxygen atoms in total. The van der Waals surface area contributed by atoms with Gasteiger partial charge in [-0.2, -0.15) is 0 Å². The van der Waals surface area contributed by atoms with Crippen LogP contribution in [-0.4, -0.2) is 16.7 Å². The molecule has 2 heterocycles. The summed E-state index contributed by atoms with van der Waals surface area (Å²) in [7, 11) is 0. The first-order chi connectivity index (χ1) is 14.4. The number of allylic oxidation sites excluding steroid dienone is 1. The predicted octanol–water partition coefficient (Wildman–Crippen LogP) is 5.27. The summed E-state index contributed by atoms with van der Waals surface area (Å²) < 4.78 is 0. The molecule has 0 bridgehead atoms. The molecule has 1 aromatic heterocycles. The van der Waals surface area contributed by atoms with Crippen molar-refractivity contribution >= 4 is 23.1 Å². The number of carbonyl (C=O) groups excluding carboxylic acids is 2. The summed E-state index contributed by atoms with van der Waals surface area (Å²) in [5.74, 6) is -0.251. The zero-order chi connectivity index (χ0) is 21.3. The number of para-hydroxylation sites is 2. The van der Waals surface area contributed by atoms with Crippen molar-refractivity contribution in [1.82, 2.24) is 4.98 Å². The van der Waals surface area contributed by atoms with Gasteiger partial charge in [0.1, 0.15) is 5.78 Å². The molecule has 0 saturated heterocycles. The Morgan fingerprint density at radius 3 is 2.77 bits per heavy atom. The van der Waals surface area contributed by atoms with Gasteiger partial charge in [0, 0.05) is 30.9 Å². The first kappa shape index (κ1) is 20.3. The van der Waals surface area contributed by atoms with E-state index in [0.29, 0.717) is 12.8 Å². The Kier molecular flexibility index (Phi) is 5.46. The van der Waals surface area contributed by atoms with Crippen LogP contribution in [0.4, 0.5) is 11.4 Å². The SMILES string of the molecule is CCCCC(=O)N1c2ccccc2NC2=CC(C)(C)CC(=O)[C@H]2[C@@H]1c1cccnc1. The zero-order valence-electron chi connectivity index (χ0n) is 17.9. The fourth-order valence-electron chi connectivity index (χ4n) is 4.63. The number of Topliss-reactive ketones (excluding diaryl/α,β-unsaturated/α-hetero) is 1. The Labute approximate surface area is 178 Å². The van der Waals surface area contributed by atoms with Crippen molar-refractivity contribution in [3.63, 3.8) is 0 Å². The van der Waals surface area contributed by atoms with E-state index in [1.807, 2.05) is 41.3 Å². The molecule has 1 aliphatic heterocycles. The second kappa shape index (κ2) is 8.05. The van der Waals surface area contributed by atoms with Gasteiger partial charge in [-0.05, 0) is 35.6 Å². The maximum absolute atomic E-state index is 13.5. The minimum absolute atomic E-state index is 0.0406. The molecular weight excluding hydrogens is 374 g/mol. The van der Waals surface area contributed by atoms with Crippen molar-refractivity contribution in [2.45, 2.75) is 52.5 Å². The number of unbranched alkanes of at least 4 members (excludes halogenated alkanes) is 1. The van der Waals surface area contributed by atoms with Crippen molar-refractivity contribution in [1.29, 1.82) is 0 Å². The van der Waals surface area contributed by atoms with Crippen LogP contribution in [0.2, 0.25) is 0 Å². The van der Waals surface area contributed by atoms with Gasteiger partial charge >= 0.3 is 0 Å². The molecule has 5 heteroatoms. The van der Waals surface area contributed by atoms with Crippen LogP contribution >= 0.6 is 0 Å². The van der Waals surface area contributed by atoms with E-state index in [1.165, 1.54) is 0 Å². The Morgan fingerprint density at radius 1 is 1.23 bits per heavy atom. The summed E-state index contributed by atoms with van der Waals surface area (Å²) in [5.41, 5.74) is 3.20. The molecule has 0 spiro atoms. The number of hydrogen-bond acceptors (Lipinski definition) is 4.